The van der Waals surface area contributed by atoms with Crippen LogP contribution in [0, 0.1) is 25.7 Å². The van der Waals surface area contributed by atoms with E-state index >= 15 is 0 Å². The van der Waals surface area contributed by atoms with Crippen LogP contribution in [-0.4, -0.2) is 57.4 Å². The molecule has 1 aliphatic heterocycles. The van der Waals surface area contributed by atoms with E-state index in [1.807, 2.05) is 32.0 Å². The van der Waals surface area contributed by atoms with Crippen molar-refractivity contribution in [1.82, 2.24) is 4.90 Å². The van der Waals surface area contributed by atoms with Crippen LogP contribution >= 0.6 is 0 Å². The maximum atomic E-state index is 13.7. The Kier molecular flexibility index (Phi) is 9.64. The van der Waals surface area contributed by atoms with Crippen LogP contribution in [0.5, 0.6) is 11.5 Å². The van der Waals surface area contributed by atoms with Gasteiger partial charge in [-0.3, -0.25) is 4.79 Å². The van der Waals surface area contributed by atoms with E-state index in [-0.39, 0.29) is 18.2 Å². The highest BCUT2D eigenvalue weighted by molar-refractivity contribution is 7.90. The smallest absolute Gasteiger partial charge is 0.415 e. The Bertz CT molecular complexity index is 1410. The van der Waals surface area contributed by atoms with E-state index < -0.39 is 34.8 Å². The van der Waals surface area contributed by atoms with Gasteiger partial charge < -0.3 is 24.0 Å². The van der Waals surface area contributed by atoms with Gasteiger partial charge in [-0.25, -0.2) is 9.59 Å². The molecular weight excluding hydrogens is 554 g/mol. The third kappa shape index (κ3) is 7.33. The summed E-state index contributed by atoms with van der Waals surface area (Å²) in [5.41, 5.74) is 1.86. The number of aryl methyl sites for hydroxylation is 3. The number of ketones is 1. The van der Waals surface area contributed by atoms with Gasteiger partial charge in [-0.1, -0.05) is 30.3 Å². The monoisotopic (exact) mass is 591 g/mol. The van der Waals surface area contributed by atoms with Crippen molar-refractivity contribution in [3.8, 4) is 11.5 Å². The molecule has 9 heteroatoms. The van der Waals surface area contributed by atoms with Crippen LogP contribution in [0.1, 0.15) is 47.3 Å². The summed E-state index contributed by atoms with van der Waals surface area (Å²) in [5, 5.41) is 9.47. The Morgan fingerprint density at radius 3 is 2.19 bits per heavy atom. The van der Waals surface area contributed by atoms with Crippen LogP contribution in [0.25, 0.3) is 0 Å². The number of hydrogen-bond donors (Lipinski definition) is 1. The summed E-state index contributed by atoms with van der Waals surface area (Å²) in [7, 11) is 0. The van der Waals surface area contributed by atoms with Crippen LogP contribution in [0.2, 0.25) is 0 Å². The normalized spacial score (nSPS) is 17.5. The van der Waals surface area contributed by atoms with Crippen molar-refractivity contribution < 1.29 is 33.5 Å². The summed E-state index contributed by atoms with van der Waals surface area (Å²) in [5.74, 6) is -0.649. The molecular formula is C33H37NO7S. The van der Waals surface area contributed by atoms with E-state index in [4.69, 9.17) is 9.47 Å². The van der Waals surface area contributed by atoms with Crippen LogP contribution in [0.15, 0.2) is 71.6 Å². The number of carbonyl (C=O) groups excluding carboxylic acids is 2. The quantitative estimate of drug-likeness (QED) is 0.232. The van der Waals surface area contributed by atoms with Crippen molar-refractivity contribution in [1.29, 1.82) is 0 Å². The third-order valence-electron chi connectivity index (χ3n) is 7.65. The third-order valence-corrected chi connectivity index (χ3v) is 8.59. The largest absolute Gasteiger partial charge is 0.612 e. The molecule has 0 aliphatic carbocycles. The van der Waals surface area contributed by atoms with E-state index in [9.17, 15) is 24.0 Å². The molecule has 1 unspecified atom stereocenters. The highest BCUT2D eigenvalue weighted by Crippen LogP contribution is 2.34. The van der Waals surface area contributed by atoms with Gasteiger partial charge in [0.05, 0.1) is 0 Å². The van der Waals surface area contributed by atoms with Crippen LogP contribution in [0.3, 0.4) is 0 Å². The van der Waals surface area contributed by atoms with Crippen LogP contribution in [0.4, 0.5) is 4.79 Å². The van der Waals surface area contributed by atoms with Gasteiger partial charge in [-0.15, -0.1) is 0 Å². The van der Waals surface area contributed by atoms with Crippen LogP contribution in [-0.2, 0) is 22.4 Å². The van der Waals surface area contributed by atoms with Crippen molar-refractivity contribution in [2.24, 2.45) is 11.8 Å². The first-order valence-electron chi connectivity index (χ1n) is 13.9. The Balaban J connectivity index is 1.53. The first-order valence-corrected chi connectivity index (χ1v) is 15.4. The number of aliphatic carboxylic acids is 1. The molecule has 1 heterocycles. The molecule has 8 nitrogen and oxygen atoms in total. The number of hydrogen-bond acceptors (Lipinski definition) is 6. The summed E-state index contributed by atoms with van der Waals surface area (Å²) in [6.45, 7) is 7.43. The number of nitrogens with zero attached hydrogens (tertiary/aromatic N) is 1. The van der Waals surface area contributed by atoms with Crippen LogP contribution < -0.4 is 9.47 Å². The number of benzene rings is 3. The number of ether oxygens (including phenoxy) is 2. The molecule has 1 aliphatic rings. The molecule has 1 fully saturated rings. The van der Waals surface area contributed by atoms with E-state index in [0.29, 0.717) is 41.3 Å². The van der Waals surface area contributed by atoms with Gasteiger partial charge in [-0.05, 0) is 111 Å². The molecule has 0 saturated carbocycles. The lowest BCUT2D eigenvalue weighted by atomic mass is 9.84. The molecule has 0 aromatic heterocycles. The lowest BCUT2D eigenvalue weighted by Gasteiger charge is -2.25. The molecule has 4 rings (SSSR count). The molecule has 0 spiro atoms. The first kappa shape index (κ1) is 31.1. The Morgan fingerprint density at radius 2 is 1.62 bits per heavy atom. The second kappa shape index (κ2) is 13.0. The minimum absolute atomic E-state index is 0.0598. The average Bonchev–Trinajstić information content (AvgIpc) is 3.38. The van der Waals surface area contributed by atoms with Gasteiger partial charge >= 0.3 is 12.1 Å². The molecule has 0 radical (unpaired) electrons. The number of carboxylic acids is 1. The molecule has 1 amide bonds. The zero-order valence-electron chi connectivity index (χ0n) is 24.6. The fraction of sp³-hybridized carbons (Fsp3) is 0.364. The van der Waals surface area contributed by atoms with Crippen molar-refractivity contribution in [2.75, 3.05) is 19.3 Å². The maximum absolute atomic E-state index is 13.7. The number of carboxylic acid groups (broad SMARTS) is 1. The molecule has 1 N–H and O–H groups in total. The first-order chi connectivity index (χ1) is 19.9. The van der Waals surface area contributed by atoms with Crippen molar-refractivity contribution in [3.05, 3.63) is 89.0 Å². The molecule has 1 saturated heterocycles. The van der Waals surface area contributed by atoms with Gasteiger partial charge in [0.15, 0.2) is 16.3 Å². The zero-order chi connectivity index (χ0) is 30.6. The Labute approximate surface area is 249 Å². The summed E-state index contributed by atoms with van der Waals surface area (Å²) in [4.78, 5) is 40.6. The lowest BCUT2D eigenvalue weighted by molar-refractivity contribution is -0.152. The van der Waals surface area contributed by atoms with E-state index in [1.165, 1.54) is 13.8 Å². The molecule has 0 bridgehead atoms. The summed E-state index contributed by atoms with van der Waals surface area (Å²) in [6.07, 6.45) is 2.42. The fourth-order valence-electron chi connectivity index (χ4n) is 5.28. The lowest BCUT2D eigenvalue weighted by Crippen LogP contribution is -2.38. The minimum atomic E-state index is -1.36. The molecule has 3 aromatic carbocycles. The maximum Gasteiger partial charge on any atom is 0.415 e. The van der Waals surface area contributed by atoms with Gasteiger partial charge in [0.1, 0.15) is 17.8 Å². The highest BCUT2D eigenvalue weighted by Gasteiger charge is 2.40. The number of amides is 1. The number of rotatable bonds is 10. The Morgan fingerprint density at radius 1 is 1.00 bits per heavy atom. The number of carbonyl (C=O) groups is 3. The second-order valence-corrected chi connectivity index (χ2v) is 12.7. The van der Waals surface area contributed by atoms with Gasteiger partial charge in [0, 0.05) is 24.6 Å². The van der Waals surface area contributed by atoms with E-state index in [0.717, 1.165) is 16.7 Å². The van der Waals surface area contributed by atoms with E-state index in [1.54, 1.807) is 59.7 Å². The fourth-order valence-corrected chi connectivity index (χ4v) is 5.80. The number of Topliss-reactive ketones (excluding diaryl/α,β-unsaturated/α-hetero) is 1. The minimum Gasteiger partial charge on any atom is -0.612 e. The number of likely N-dealkylation sites (tertiary alicyclic amines) is 1. The predicted octanol–water partition coefficient (Wildman–Crippen LogP) is 5.85. The van der Waals surface area contributed by atoms with Gasteiger partial charge in [0.2, 0.25) is 0 Å². The predicted molar refractivity (Wildman–Crippen MR) is 161 cm³/mol. The zero-order valence-corrected chi connectivity index (χ0v) is 25.4. The van der Waals surface area contributed by atoms with Gasteiger partial charge in [0.25, 0.3) is 0 Å². The molecule has 222 valence electrons. The SMILES string of the molecule is Cc1cc(CC[C@@H]2CN(C(=O)Oc3ccccc3)C[C@H]2C(=O)c2ccc([S+](C)[O-])cc2)cc(C)c1OC(C)(C)C(=O)O. The highest BCUT2D eigenvalue weighted by atomic mass is 32.2. The Hall–Kier alpha value is -3.82. The average molecular weight is 592 g/mol. The summed E-state index contributed by atoms with van der Waals surface area (Å²) >= 11 is -1.15. The molecule has 3 aromatic rings. The molecule has 3 atom stereocenters. The van der Waals surface area contributed by atoms with Crippen molar-refractivity contribution in [3.63, 3.8) is 0 Å². The molecule has 42 heavy (non-hydrogen) atoms. The van der Waals surface area contributed by atoms with Crippen molar-refractivity contribution >= 4 is 29.0 Å². The number of para-hydroxylation sites is 1. The summed E-state index contributed by atoms with van der Waals surface area (Å²) in [6, 6.07) is 19.6. The topological polar surface area (TPSA) is 116 Å². The standard InChI is InChI=1S/C33H37NO7S/c1-21-17-23(18-22(2)30(21)41-33(3,4)31(36)37)11-12-25-19-34(32(38)40-26-9-7-6-8-10-26)20-28(25)29(35)24-13-15-27(16-14-24)42(5)39/h6-10,13-18,25,28H,11-12,19-20H2,1-5H3,(H,36,37)/t25-,28-,42?/m1/s1. The summed E-state index contributed by atoms with van der Waals surface area (Å²) < 4.78 is 23.2. The second-order valence-electron chi connectivity index (χ2n) is 11.3. The van der Waals surface area contributed by atoms with E-state index in [2.05, 4.69) is 0 Å². The van der Waals surface area contributed by atoms with Gasteiger partial charge in [-0.2, -0.15) is 0 Å². The van der Waals surface area contributed by atoms with Crippen molar-refractivity contribution in [2.45, 2.75) is 51.0 Å².